The van der Waals surface area contributed by atoms with Crippen LogP contribution in [-0.2, 0) is 4.79 Å². The minimum atomic E-state index is -0.370. The molecule has 0 radical (unpaired) electrons. The molecule has 0 spiro atoms. The molecule has 4 aromatic rings. The molecule has 1 aliphatic heterocycles. The van der Waals surface area contributed by atoms with E-state index in [0.29, 0.717) is 22.5 Å². The van der Waals surface area contributed by atoms with Gasteiger partial charge in [0.1, 0.15) is 11.1 Å². The maximum atomic E-state index is 13.7. The van der Waals surface area contributed by atoms with Crippen molar-refractivity contribution in [1.29, 1.82) is 0 Å². The molecule has 154 valence electrons. The summed E-state index contributed by atoms with van der Waals surface area (Å²) in [5, 5.41) is 1.63. The van der Waals surface area contributed by atoms with Crippen molar-refractivity contribution in [2.24, 2.45) is 0 Å². The normalized spacial score (nSPS) is 16.1. The molecule has 6 nitrogen and oxygen atoms in total. The molecule has 0 N–H and O–H groups in total. The summed E-state index contributed by atoms with van der Waals surface area (Å²) >= 11 is 1.48. The standard InChI is InChI=1S/C24H19N3O3S/c1-30-18-11-7-10-17(14-18)24-26(21(28)15-31-24)27-22(16-8-3-2-4-9-16)25-20-13-6-5-12-19(20)23(27)29/h2-14,24H,15H2,1H3. The van der Waals surface area contributed by atoms with Crippen molar-refractivity contribution in [2.45, 2.75) is 5.37 Å². The Labute approximate surface area is 183 Å². The summed E-state index contributed by atoms with van der Waals surface area (Å²) in [4.78, 5) is 31.5. The van der Waals surface area contributed by atoms with Crippen molar-refractivity contribution in [1.82, 2.24) is 9.66 Å². The molecule has 0 bridgehead atoms. The molecule has 0 aliphatic carbocycles. The molecule has 7 heteroatoms. The quantitative estimate of drug-likeness (QED) is 0.491. The Hall–Kier alpha value is -3.58. The number of benzene rings is 3. The number of para-hydroxylation sites is 1. The molecule has 31 heavy (non-hydrogen) atoms. The predicted octanol–water partition coefficient (Wildman–Crippen LogP) is 3.98. The molecule has 1 saturated heterocycles. The van der Waals surface area contributed by atoms with E-state index in [0.717, 1.165) is 11.1 Å². The number of amides is 1. The first-order valence-electron chi connectivity index (χ1n) is 9.82. The summed E-state index contributed by atoms with van der Waals surface area (Å²) in [6.45, 7) is 0. The summed E-state index contributed by atoms with van der Waals surface area (Å²) in [6, 6.07) is 24.2. The minimum Gasteiger partial charge on any atom is -0.497 e. The van der Waals surface area contributed by atoms with Crippen LogP contribution < -0.4 is 15.3 Å². The lowest BCUT2D eigenvalue weighted by Crippen LogP contribution is -2.46. The zero-order valence-corrected chi connectivity index (χ0v) is 17.6. The topological polar surface area (TPSA) is 64.4 Å². The number of nitrogens with zero attached hydrogens (tertiary/aromatic N) is 3. The van der Waals surface area contributed by atoms with Gasteiger partial charge in [-0.15, -0.1) is 11.8 Å². The molecule has 1 aromatic heterocycles. The van der Waals surface area contributed by atoms with Gasteiger partial charge >= 0.3 is 0 Å². The molecule has 1 fully saturated rings. The van der Waals surface area contributed by atoms with Crippen molar-refractivity contribution in [3.05, 3.63) is 94.8 Å². The largest absolute Gasteiger partial charge is 0.497 e. The molecule has 1 aliphatic rings. The zero-order chi connectivity index (χ0) is 21.4. The maximum absolute atomic E-state index is 13.7. The second-order valence-electron chi connectivity index (χ2n) is 7.11. The van der Waals surface area contributed by atoms with E-state index in [1.165, 1.54) is 21.4 Å². The second kappa shape index (κ2) is 7.92. The molecule has 1 atom stereocenters. The van der Waals surface area contributed by atoms with Crippen molar-refractivity contribution < 1.29 is 9.53 Å². The number of thioether (sulfide) groups is 1. The third-order valence-corrected chi connectivity index (χ3v) is 6.42. The van der Waals surface area contributed by atoms with Gasteiger partial charge in [-0.25, -0.2) is 9.99 Å². The number of aromatic nitrogens is 2. The zero-order valence-electron chi connectivity index (χ0n) is 16.8. The Bertz CT molecular complexity index is 1340. The van der Waals surface area contributed by atoms with Gasteiger partial charge in [-0.1, -0.05) is 54.6 Å². The number of carbonyl (C=O) groups is 1. The predicted molar refractivity (Wildman–Crippen MR) is 123 cm³/mol. The van der Waals surface area contributed by atoms with E-state index in [1.807, 2.05) is 66.7 Å². The summed E-state index contributed by atoms with van der Waals surface area (Å²) in [5.74, 6) is 1.27. The second-order valence-corrected chi connectivity index (χ2v) is 8.18. The molecule has 0 saturated carbocycles. The molecular formula is C24H19N3O3S. The lowest BCUT2D eigenvalue weighted by atomic mass is 10.2. The summed E-state index contributed by atoms with van der Waals surface area (Å²) in [5.41, 5.74) is 1.97. The van der Waals surface area contributed by atoms with E-state index in [9.17, 15) is 9.59 Å². The number of methoxy groups -OCH3 is 1. The van der Waals surface area contributed by atoms with Gasteiger partial charge in [0, 0.05) is 5.56 Å². The maximum Gasteiger partial charge on any atom is 0.280 e. The first-order valence-corrected chi connectivity index (χ1v) is 10.9. The van der Waals surface area contributed by atoms with Crippen LogP contribution >= 0.6 is 11.8 Å². The Kier molecular flexibility index (Phi) is 4.95. The van der Waals surface area contributed by atoms with E-state index in [-0.39, 0.29) is 22.6 Å². The van der Waals surface area contributed by atoms with Crippen LogP contribution in [0.25, 0.3) is 22.3 Å². The van der Waals surface area contributed by atoms with Gasteiger partial charge in [0.05, 0.1) is 23.8 Å². The van der Waals surface area contributed by atoms with E-state index >= 15 is 0 Å². The van der Waals surface area contributed by atoms with Crippen LogP contribution in [-0.4, -0.2) is 28.4 Å². The number of ether oxygens (including phenoxy) is 1. The monoisotopic (exact) mass is 429 g/mol. The highest BCUT2D eigenvalue weighted by Gasteiger charge is 2.37. The summed E-state index contributed by atoms with van der Waals surface area (Å²) < 4.78 is 6.80. The van der Waals surface area contributed by atoms with Gasteiger partial charge in [-0.3, -0.25) is 9.59 Å². The van der Waals surface area contributed by atoms with E-state index in [2.05, 4.69) is 0 Å². The summed E-state index contributed by atoms with van der Waals surface area (Å²) in [6.07, 6.45) is 0. The van der Waals surface area contributed by atoms with Crippen LogP contribution in [0.15, 0.2) is 83.7 Å². The first-order chi connectivity index (χ1) is 15.2. The number of hydrogen-bond donors (Lipinski definition) is 0. The highest BCUT2D eigenvalue weighted by molar-refractivity contribution is 8.00. The van der Waals surface area contributed by atoms with Crippen molar-refractivity contribution in [2.75, 3.05) is 17.9 Å². The Morgan fingerprint density at radius 1 is 0.968 bits per heavy atom. The van der Waals surface area contributed by atoms with E-state index in [4.69, 9.17) is 9.72 Å². The van der Waals surface area contributed by atoms with Gasteiger partial charge in [-0.2, -0.15) is 4.68 Å². The molecule has 5 rings (SSSR count). The molecule has 3 aromatic carbocycles. The van der Waals surface area contributed by atoms with Gasteiger partial charge in [0.2, 0.25) is 0 Å². The molecule has 1 unspecified atom stereocenters. The van der Waals surface area contributed by atoms with Crippen LogP contribution in [0, 0.1) is 0 Å². The minimum absolute atomic E-state index is 0.144. The Morgan fingerprint density at radius 2 is 1.74 bits per heavy atom. The highest BCUT2D eigenvalue weighted by atomic mass is 32.2. The fraction of sp³-hybridized carbons (Fsp3) is 0.125. The smallest absolute Gasteiger partial charge is 0.280 e. The van der Waals surface area contributed by atoms with E-state index in [1.54, 1.807) is 19.2 Å². The van der Waals surface area contributed by atoms with Crippen molar-refractivity contribution in [3.63, 3.8) is 0 Å². The SMILES string of the molecule is COc1cccc(C2SCC(=O)N2n2c(-c3ccccc3)nc3ccccc3c2=O)c1. The van der Waals surface area contributed by atoms with E-state index < -0.39 is 0 Å². The fourth-order valence-corrected chi connectivity index (χ4v) is 4.89. The fourth-order valence-electron chi connectivity index (χ4n) is 3.76. The van der Waals surface area contributed by atoms with Gasteiger partial charge in [-0.05, 0) is 29.8 Å². The number of fused-ring (bicyclic) bond motifs is 1. The van der Waals surface area contributed by atoms with Crippen LogP contribution in [0.5, 0.6) is 5.75 Å². The Balaban J connectivity index is 1.77. The number of carbonyl (C=O) groups excluding carboxylic acids is 1. The third-order valence-electron chi connectivity index (χ3n) is 5.22. The third kappa shape index (κ3) is 3.37. The van der Waals surface area contributed by atoms with Gasteiger partial charge in [0.15, 0.2) is 5.82 Å². The van der Waals surface area contributed by atoms with Crippen LogP contribution in [0.2, 0.25) is 0 Å². The van der Waals surface area contributed by atoms with Gasteiger partial charge < -0.3 is 4.74 Å². The average molecular weight is 430 g/mol. The van der Waals surface area contributed by atoms with Crippen LogP contribution in [0.3, 0.4) is 0 Å². The average Bonchev–Trinajstić information content (AvgIpc) is 3.20. The van der Waals surface area contributed by atoms with Crippen molar-refractivity contribution in [3.8, 4) is 17.1 Å². The van der Waals surface area contributed by atoms with Crippen LogP contribution in [0.4, 0.5) is 0 Å². The Morgan fingerprint density at radius 3 is 2.55 bits per heavy atom. The van der Waals surface area contributed by atoms with Crippen molar-refractivity contribution >= 4 is 28.6 Å². The van der Waals surface area contributed by atoms with Crippen LogP contribution in [0.1, 0.15) is 10.9 Å². The summed E-state index contributed by atoms with van der Waals surface area (Å²) in [7, 11) is 1.61. The number of hydrogen-bond acceptors (Lipinski definition) is 5. The molecule has 2 heterocycles. The lowest BCUT2D eigenvalue weighted by molar-refractivity contribution is -0.117. The highest BCUT2D eigenvalue weighted by Crippen LogP contribution is 2.39. The van der Waals surface area contributed by atoms with Gasteiger partial charge in [0.25, 0.3) is 11.5 Å². The lowest BCUT2D eigenvalue weighted by Gasteiger charge is -2.28. The number of rotatable bonds is 4. The molecule has 1 amide bonds. The first kappa shape index (κ1) is 19.4. The molecular weight excluding hydrogens is 410 g/mol.